The van der Waals surface area contributed by atoms with Crippen LogP contribution in [-0.4, -0.2) is 21.1 Å². The average Bonchev–Trinajstić information content (AvgIpc) is 2.56. The second-order valence-electron chi connectivity index (χ2n) is 4.53. The molecule has 1 heterocycles. The van der Waals surface area contributed by atoms with E-state index in [0.717, 1.165) is 22.4 Å². The van der Waals surface area contributed by atoms with Gasteiger partial charge in [0.25, 0.3) is 0 Å². The van der Waals surface area contributed by atoms with Gasteiger partial charge in [0.1, 0.15) is 0 Å². The molecule has 0 aliphatic heterocycles. The molecule has 0 bridgehead atoms. The predicted octanol–water partition coefficient (Wildman–Crippen LogP) is 2.21. The molecular weight excluding hydrogens is 282 g/mol. The van der Waals surface area contributed by atoms with Crippen molar-refractivity contribution >= 4 is 21.7 Å². The van der Waals surface area contributed by atoms with Gasteiger partial charge in [-0.05, 0) is 43.1 Å². The second-order valence-corrected chi connectivity index (χ2v) is 5.33. The largest absolute Gasteiger partial charge is 0.319 e. The number of rotatable bonds is 5. The molecule has 0 aliphatic rings. The number of carbonyl (C=O) groups excluding carboxylic acids is 1. The Balaban J connectivity index is 2.99. The minimum atomic E-state index is -0.754. The summed E-state index contributed by atoms with van der Waals surface area (Å²) < 4.78 is 2.77. The molecule has 0 aromatic carbocycles. The summed E-state index contributed by atoms with van der Waals surface area (Å²) in [5.74, 6) is 0.0512. The molecule has 0 saturated carbocycles. The molecule has 5 heteroatoms. The summed E-state index contributed by atoms with van der Waals surface area (Å²) in [6.07, 6.45) is 0.971. The third-order valence-electron chi connectivity index (χ3n) is 3.15. The van der Waals surface area contributed by atoms with E-state index in [9.17, 15) is 4.79 Å². The van der Waals surface area contributed by atoms with Crippen LogP contribution in [0.2, 0.25) is 0 Å². The van der Waals surface area contributed by atoms with E-state index in [0.29, 0.717) is 12.8 Å². The lowest BCUT2D eigenvalue weighted by atomic mass is 9.91. The van der Waals surface area contributed by atoms with Crippen molar-refractivity contribution in [3.8, 4) is 0 Å². The Hall–Kier alpha value is -0.680. The zero-order valence-electron chi connectivity index (χ0n) is 10.9. The highest BCUT2D eigenvalue weighted by Gasteiger charge is 2.28. The molecule has 0 spiro atoms. The third kappa shape index (κ3) is 2.96. The summed E-state index contributed by atoms with van der Waals surface area (Å²) >= 11 is 3.48. The quantitative estimate of drug-likeness (QED) is 0.907. The van der Waals surface area contributed by atoms with Crippen LogP contribution in [0.3, 0.4) is 0 Å². The number of nitrogens with zero attached hydrogens (tertiary/aromatic N) is 2. The van der Waals surface area contributed by atoms with Gasteiger partial charge in [0.15, 0.2) is 5.78 Å². The first-order chi connectivity index (χ1) is 7.83. The summed E-state index contributed by atoms with van der Waals surface area (Å²) in [4.78, 5) is 12.1. The van der Waals surface area contributed by atoms with Crippen molar-refractivity contribution in [2.45, 2.75) is 52.6 Å². The Morgan fingerprint density at radius 2 is 2.12 bits per heavy atom. The molecule has 1 rings (SSSR count). The molecule has 0 radical (unpaired) electrons. The van der Waals surface area contributed by atoms with E-state index >= 15 is 0 Å². The highest BCUT2D eigenvalue weighted by atomic mass is 79.9. The molecule has 1 aromatic heterocycles. The first-order valence-electron chi connectivity index (χ1n) is 5.87. The fourth-order valence-corrected chi connectivity index (χ4v) is 2.01. The normalized spacial score (nSPS) is 14.7. The number of aromatic nitrogens is 2. The monoisotopic (exact) mass is 301 g/mol. The molecule has 0 aliphatic carbocycles. The van der Waals surface area contributed by atoms with E-state index in [4.69, 9.17) is 5.73 Å². The smallest absolute Gasteiger partial charge is 0.158 e. The summed E-state index contributed by atoms with van der Waals surface area (Å²) in [6, 6.07) is 0. The maximum absolute atomic E-state index is 12.1. The van der Waals surface area contributed by atoms with Gasteiger partial charge in [0.05, 0.1) is 27.8 Å². The van der Waals surface area contributed by atoms with E-state index in [1.165, 1.54) is 0 Å². The highest BCUT2D eigenvalue weighted by Crippen LogP contribution is 2.23. The Bertz CT molecular complexity index is 424. The molecular formula is C12H20BrN3O. The van der Waals surface area contributed by atoms with Crippen molar-refractivity contribution < 1.29 is 4.79 Å². The van der Waals surface area contributed by atoms with E-state index in [2.05, 4.69) is 21.0 Å². The van der Waals surface area contributed by atoms with E-state index in [-0.39, 0.29) is 5.78 Å². The Morgan fingerprint density at radius 1 is 1.53 bits per heavy atom. The van der Waals surface area contributed by atoms with Gasteiger partial charge in [0, 0.05) is 6.54 Å². The molecule has 2 N–H and O–H groups in total. The van der Waals surface area contributed by atoms with Gasteiger partial charge in [-0.25, -0.2) is 0 Å². The van der Waals surface area contributed by atoms with Crippen molar-refractivity contribution in [2.75, 3.05) is 0 Å². The Morgan fingerprint density at radius 3 is 2.59 bits per heavy atom. The van der Waals surface area contributed by atoms with Crippen molar-refractivity contribution in [3.63, 3.8) is 0 Å². The molecule has 4 nitrogen and oxygen atoms in total. The van der Waals surface area contributed by atoms with Crippen LogP contribution in [0, 0.1) is 6.92 Å². The van der Waals surface area contributed by atoms with Gasteiger partial charge in [0.2, 0.25) is 0 Å². The second kappa shape index (κ2) is 5.31. The van der Waals surface area contributed by atoms with Crippen LogP contribution in [0.1, 0.15) is 38.6 Å². The summed E-state index contributed by atoms with van der Waals surface area (Å²) in [5, 5.41) is 4.37. The van der Waals surface area contributed by atoms with Crippen LogP contribution < -0.4 is 5.73 Å². The fraction of sp³-hybridized carbons (Fsp3) is 0.667. The molecule has 96 valence electrons. The minimum Gasteiger partial charge on any atom is -0.319 e. The Labute approximate surface area is 111 Å². The van der Waals surface area contributed by atoms with Gasteiger partial charge < -0.3 is 5.73 Å². The lowest BCUT2D eigenvalue weighted by Gasteiger charge is -2.21. The summed E-state index contributed by atoms with van der Waals surface area (Å²) in [7, 11) is 0. The molecule has 0 amide bonds. The Kier molecular flexibility index (Phi) is 4.49. The van der Waals surface area contributed by atoms with Crippen LogP contribution in [-0.2, 0) is 17.8 Å². The van der Waals surface area contributed by atoms with Crippen molar-refractivity contribution in [2.24, 2.45) is 5.73 Å². The van der Waals surface area contributed by atoms with Crippen molar-refractivity contribution in [3.05, 3.63) is 15.9 Å². The van der Waals surface area contributed by atoms with E-state index in [1.807, 2.05) is 25.5 Å². The first kappa shape index (κ1) is 14.4. The summed E-state index contributed by atoms with van der Waals surface area (Å²) in [6.45, 7) is 8.39. The fourth-order valence-electron chi connectivity index (χ4n) is 1.59. The van der Waals surface area contributed by atoms with Crippen molar-refractivity contribution in [1.82, 2.24) is 9.78 Å². The standard InChI is InChI=1S/C12H20BrN3O/c1-5-12(4,14)10(17)7-9-11(13)8(3)15-16(9)6-2/h5-7,14H2,1-4H3. The zero-order chi connectivity index (χ0) is 13.2. The zero-order valence-corrected chi connectivity index (χ0v) is 12.5. The summed E-state index contributed by atoms with van der Waals surface area (Å²) in [5.41, 5.74) is 7.03. The predicted molar refractivity (Wildman–Crippen MR) is 71.9 cm³/mol. The van der Waals surface area contributed by atoms with E-state index in [1.54, 1.807) is 6.92 Å². The molecule has 1 unspecified atom stereocenters. The number of Topliss-reactive ketones (excluding diaryl/α,β-unsaturated/α-hetero) is 1. The number of hydrogen-bond donors (Lipinski definition) is 1. The van der Waals surface area contributed by atoms with Gasteiger partial charge in [-0.3, -0.25) is 9.48 Å². The number of halogens is 1. The number of aryl methyl sites for hydroxylation is 2. The van der Waals surface area contributed by atoms with E-state index < -0.39 is 5.54 Å². The van der Waals surface area contributed by atoms with Crippen LogP contribution in [0.4, 0.5) is 0 Å². The molecule has 17 heavy (non-hydrogen) atoms. The maximum Gasteiger partial charge on any atom is 0.158 e. The number of hydrogen-bond acceptors (Lipinski definition) is 3. The topological polar surface area (TPSA) is 60.9 Å². The molecule has 0 saturated heterocycles. The molecule has 1 atom stereocenters. The average molecular weight is 302 g/mol. The number of ketones is 1. The third-order valence-corrected chi connectivity index (χ3v) is 4.18. The minimum absolute atomic E-state index is 0.0512. The van der Waals surface area contributed by atoms with Crippen LogP contribution >= 0.6 is 15.9 Å². The maximum atomic E-state index is 12.1. The highest BCUT2D eigenvalue weighted by molar-refractivity contribution is 9.10. The molecule has 0 fully saturated rings. The van der Waals surface area contributed by atoms with Gasteiger partial charge in [-0.1, -0.05) is 6.92 Å². The first-order valence-corrected chi connectivity index (χ1v) is 6.66. The van der Waals surface area contributed by atoms with Crippen LogP contribution in [0.5, 0.6) is 0 Å². The van der Waals surface area contributed by atoms with Gasteiger partial charge >= 0.3 is 0 Å². The van der Waals surface area contributed by atoms with Crippen LogP contribution in [0.15, 0.2) is 4.47 Å². The van der Waals surface area contributed by atoms with Gasteiger partial charge in [-0.2, -0.15) is 5.10 Å². The number of carbonyl (C=O) groups is 1. The van der Waals surface area contributed by atoms with Crippen molar-refractivity contribution in [1.29, 1.82) is 0 Å². The lowest BCUT2D eigenvalue weighted by Crippen LogP contribution is -2.45. The molecule has 1 aromatic rings. The SMILES string of the molecule is CCn1nc(C)c(Br)c1CC(=O)C(C)(N)CC. The number of nitrogens with two attached hydrogens (primary N) is 1. The lowest BCUT2D eigenvalue weighted by molar-refractivity contribution is -0.123. The van der Waals surface area contributed by atoms with Gasteiger partial charge in [-0.15, -0.1) is 0 Å². The van der Waals surface area contributed by atoms with Crippen LogP contribution in [0.25, 0.3) is 0 Å².